The van der Waals surface area contributed by atoms with Crippen molar-refractivity contribution in [2.24, 2.45) is 5.73 Å². The van der Waals surface area contributed by atoms with Crippen molar-refractivity contribution in [3.63, 3.8) is 0 Å². The van der Waals surface area contributed by atoms with E-state index in [1.165, 1.54) is 0 Å². The number of carbonyl (C=O) groups is 1. The summed E-state index contributed by atoms with van der Waals surface area (Å²) in [6.45, 7) is 0.503. The molecule has 0 bridgehead atoms. The third kappa shape index (κ3) is 1.75. The molecule has 1 heterocycles. The Hall–Kier alpha value is -1.59. The molecule has 5 heteroatoms. The van der Waals surface area contributed by atoms with Crippen LogP contribution in [0.15, 0.2) is 12.1 Å². The van der Waals surface area contributed by atoms with E-state index in [0.717, 1.165) is 5.56 Å². The zero-order valence-corrected chi connectivity index (χ0v) is 8.99. The molecule has 0 unspecified atom stereocenters. The Bertz CT molecular complexity index is 417. The normalized spacial score (nSPS) is 12.9. The van der Waals surface area contributed by atoms with Crippen LogP contribution in [0.2, 0.25) is 0 Å². The monoisotopic (exact) mass is 223 g/mol. The molecule has 1 aromatic carbocycles. The Kier molecular flexibility index (Phi) is 3.07. The fourth-order valence-corrected chi connectivity index (χ4v) is 1.65. The van der Waals surface area contributed by atoms with Gasteiger partial charge in [-0.2, -0.15) is 0 Å². The summed E-state index contributed by atoms with van der Waals surface area (Å²) >= 11 is 0. The molecule has 0 atom stereocenters. The van der Waals surface area contributed by atoms with E-state index in [9.17, 15) is 4.79 Å². The van der Waals surface area contributed by atoms with Crippen molar-refractivity contribution in [3.05, 3.63) is 23.3 Å². The van der Waals surface area contributed by atoms with Gasteiger partial charge in [0.05, 0.1) is 18.7 Å². The summed E-state index contributed by atoms with van der Waals surface area (Å²) in [4.78, 5) is 11.6. The van der Waals surface area contributed by atoms with Gasteiger partial charge in [-0.15, -0.1) is 0 Å². The summed E-state index contributed by atoms with van der Waals surface area (Å²) < 4.78 is 15.6. The maximum Gasteiger partial charge on any atom is 0.231 e. The van der Waals surface area contributed by atoms with Crippen molar-refractivity contribution in [1.82, 2.24) is 0 Å². The molecule has 0 amide bonds. The molecular weight excluding hydrogens is 210 g/mol. The SMILES string of the molecule is COCc1ccc(C(=O)CN)c2c1OCO2. The molecule has 0 fully saturated rings. The molecule has 2 N–H and O–H groups in total. The topological polar surface area (TPSA) is 70.8 Å². The first-order valence-corrected chi connectivity index (χ1v) is 4.91. The Morgan fingerprint density at radius 2 is 2.19 bits per heavy atom. The quantitative estimate of drug-likeness (QED) is 0.761. The lowest BCUT2D eigenvalue weighted by atomic mass is 10.1. The number of ketones is 1. The minimum Gasteiger partial charge on any atom is -0.453 e. The lowest BCUT2D eigenvalue weighted by Crippen LogP contribution is -2.14. The first-order chi connectivity index (χ1) is 7.77. The van der Waals surface area contributed by atoms with E-state index in [4.69, 9.17) is 19.9 Å². The van der Waals surface area contributed by atoms with Crippen LogP contribution < -0.4 is 15.2 Å². The van der Waals surface area contributed by atoms with Crippen LogP contribution in [0.25, 0.3) is 0 Å². The van der Waals surface area contributed by atoms with Gasteiger partial charge in [-0.05, 0) is 6.07 Å². The molecule has 1 aromatic rings. The highest BCUT2D eigenvalue weighted by Crippen LogP contribution is 2.39. The average Bonchev–Trinajstić information content (AvgIpc) is 2.78. The summed E-state index contributed by atoms with van der Waals surface area (Å²) in [5, 5.41) is 0. The Morgan fingerprint density at radius 1 is 1.44 bits per heavy atom. The number of benzene rings is 1. The number of carbonyl (C=O) groups excluding carboxylic acids is 1. The molecule has 0 aliphatic carbocycles. The first-order valence-electron chi connectivity index (χ1n) is 4.91. The highest BCUT2D eigenvalue weighted by molar-refractivity contribution is 6.01. The largest absolute Gasteiger partial charge is 0.453 e. The maximum absolute atomic E-state index is 11.6. The van der Waals surface area contributed by atoms with E-state index in [1.807, 2.05) is 0 Å². The number of nitrogens with two attached hydrogens (primary N) is 1. The zero-order chi connectivity index (χ0) is 11.5. The van der Waals surface area contributed by atoms with Gasteiger partial charge in [0.1, 0.15) is 0 Å². The number of rotatable bonds is 4. The minimum absolute atomic E-state index is 0.0422. The molecule has 16 heavy (non-hydrogen) atoms. The van der Waals surface area contributed by atoms with Gasteiger partial charge in [-0.25, -0.2) is 0 Å². The highest BCUT2D eigenvalue weighted by atomic mass is 16.7. The van der Waals surface area contributed by atoms with Crippen LogP contribution in [0.1, 0.15) is 15.9 Å². The van der Waals surface area contributed by atoms with Crippen molar-refractivity contribution < 1.29 is 19.0 Å². The molecular formula is C11H13NO4. The number of methoxy groups -OCH3 is 1. The molecule has 2 rings (SSSR count). The third-order valence-corrected chi connectivity index (χ3v) is 2.39. The van der Waals surface area contributed by atoms with Crippen LogP contribution >= 0.6 is 0 Å². The van der Waals surface area contributed by atoms with E-state index in [2.05, 4.69) is 0 Å². The van der Waals surface area contributed by atoms with Gasteiger partial charge in [0.15, 0.2) is 17.3 Å². The van der Waals surface area contributed by atoms with Crippen molar-refractivity contribution in [3.8, 4) is 11.5 Å². The van der Waals surface area contributed by atoms with Gasteiger partial charge < -0.3 is 19.9 Å². The summed E-state index contributed by atoms with van der Waals surface area (Å²) in [5.74, 6) is 0.900. The standard InChI is InChI=1S/C11H13NO4/c1-14-5-7-2-3-8(9(13)4-12)11-10(7)15-6-16-11/h2-3H,4-6,12H2,1H3. The predicted octanol–water partition coefficient (Wildman–Crippen LogP) is 0.703. The van der Waals surface area contributed by atoms with Gasteiger partial charge in [0.25, 0.3) is 0 Å². The van der Waals surface area contributed by atoms with E-state index in [0.29, 0.717) is 23.7 Å². The van der Waals surface area contributed by atoms with Crippen LogP contribution in [0.3, 0.4) is 0 Å². The molecule has 0 spiro atoms. The first kappa shape index (κ1) is 10.9. The zero-order valence-electron chi connectivity index (χ0n) is 8.99. The van der Waals surface area contributed by atoms with Gasteiger partial charge in [0.2, 0.25) is 6.79 Å². The Balaban J connectivity index is 2.44. The number of ether oxygens (including phenoxy) is 3. The molecule has 0 saturated heterocycles. The molecule has 5 nitrogen and oxygen atoms in total. The van der Waals surface area contributed by atoms with Crippen LogP contribution in [0.5, 0.6) is 11.5 Å². The van der Waals surface area contributed by atoms with Crippen LogP contribution in [-0.4, -0.2) is 26.2 Å². The second-order valence-corrected chi connectivity index (χ2v) is 3.40. The van der Waals surface area contributed by atoms with Crippen molar-refractivity contribution in [2.75, 3.05) is 20.4 Å². The fraction of sp³-hybridized carbons (Fsp3) is 0.364. The van der Waals surface area contributed by atoms with Crippen molar-refractivity contribution >= 4 is 5.78 Å². The van der Waals surface area contributed by atoms with Gasteiger partial charge in [-0.1, -0.05) is 6.07 Å². The summed E-state index contributed by atoms with van der Waals surface area (Å²) in [6, 6.07) is 3.48. The average molecular weight is 223 g/mol. The molecule has 1 aliphatic heterocycles. The number of hydrogen-bond donors (Lipinski definition) is 1. The smallest absolute Gasteiger partial charge is 0.231 e. The van der Waals surface area contributed by atoms with E-state index < -0.39 is 0 Å². The molecule has 0 aromatic heterocycles. The number of hydrogen-bond acceptors (Lipinski definition) is 5. The van der Waals surface area contributed by atoms with Crippen LogP contribution in [0, 0.1) is 0 Å². The predicted molar refractivity (Wildman–Crippen MR) is 56.7 cm³/mol. The van der Waals surface area contributed by atoms with Gasteiger partial charge in [0, 0.05) is 12.7 Å². The third-order valence-electron chi connectivity index (χ3n) is 2.39. The highest BCUT2D eigenvalue weighted by Gasteiger charge is 2.24. The number of Topliss-reactive ketones (excluding diaryl/α,β-unsaturated/α-hetero) is 1. The second kappa shape index (κ2) is 4.51. The van der Waals surface area contributed by atoms with Crippen LogP contribution in [-0.2, 0) is 11.3 Å². The van der Waals surface area contributed by atoms with Crippen molar-refractivity contribution in [2.45, 2.75) is 6.61 Å². The Labute approximate surface area is 93.1 Å². The summed E-state index contributed by atoms with van der Waals surface area (Å²) in [7, 11) is 1.60. The summed E-state index contributed by atoms with van der Waals surface area (Å²) in [6.07, 6.45) is 0. The maximum atomic E-state index is 11.6. The molecule has 86 valence electrons. The Morgan fingerprint density at radius 3 is 2.88 bits per heavy atom. The molecule has 0 radical (unpaired) electrons. The van der Waals surface area contributed by atoms with E-state index in [-0.39, 0.29) is 19.1 Å². The van der Waals surface area contributed by atoms with Crippen LogP contribution in [0.4, 0.5) is 0 Å². The fourth-order valence-electron chi connectivity index (χ4n) is 1.65. The molecule has 1 aliphatic rings. The van der Waals surface area contributed by atoms with E-state index in [1.54, 1.807) is 19.2 Å². The van der Waals surface area contributed by atoms with Crippen molar-refractivity contribution in [1.29, 1.82) is 0 Å². The second-order valence-electron chi connectivity index (χ2n) is 3.40. The minimum atomic E-state index is -0.161. The number of fused-ring (bicyclic) bond motifs is 1. The summed E-state index contributed by atoms with van der Waals surface area (Å²) in [5.41, 5.74) is 6.66. The molecule has 0 saturated carbocycles. The lowest BCUT2D eigenvalue weighted by molar-refractivity contribution is 0.0996. The van der Waals surface area contributed by atoms with Gasteiger partial charge in [-0.3, -0.25) is 4.79 Å². The van der Waals surface area contributed by atoms with Gasteiger partial charge >= 0.3 is 0 Å². The van der Waals surface area contributed by atoms with E-state index >= 15 is 0 Å². The lowest BCUT2D eigenvalue weighted by Gasteiger charge is -2.07.